The number of nitrogens with zero attached hydrogens (tertiary/aromatic N) is 4. The minimum absolute atomic E-state index is 0.233. The molecule has 0 spiro atoms. The van der Waals surface area contributed by atoms with Crippen molar-refractivity contribution < 1.29 is 24.6 Å². The molecule has 0 radical (unpaired) electrons. The molecule has 2 N–H and O–H groups in total. The lowest BCUT2D eigenvalue weighted by Gasteiger charge is -2.22. The van der Waals surface area contributed by atoms with Crippen molar-refractivity contribution in [3.63, 3.8) is 0 Å². The van der Waals surface area contributed by atoms with Gasteiger partial charge in [-0.2, -0.15) is 8.75 Å². The molecule has 2 aliphatic rings. The van der Waals surface area contributed by atoms with Gasteiger partial charge in [0.15, 0.2) is 0 Å². The van der Waals surface area contributed by atoms with Crippen molar-refractivity contribution in [2.75, 3.05) is 44.7 Å². The van der Waals surface area contributed by atoms with Crippen LogP contribution in [0.3, 0.4) is 0 Å². The first-order valence-electron chi connectivity index (χ1n) is 8.59. The second-order valence-corrected chi connectivity index (χ2v) is 8.75. The van der Waals surface area contributed by atoms with E-state index in [0.29, 0.717) is 0 Å². The lowest BCUT2D eigenvalue weighted by molar-refractivity contribution is -0.159. The Bertz CT molecular complexity index is 728. The summed E-state index contributed by atoms with van der Waals surface area (Å²) >= 11 is 4.49. The molecule has 1 amide bonds. The van der Waals surface area contributed by atoms with Crippen LogP contribution in [-0.2, 0) is 9.59 Å². The molecule has 0 aromatic carbocycles. The van der Waals surface area contributed by atoms with Gasteiger partial charge >= 0.3 is 11.9 Å². The molecule has 0 atom stereocenters. The van der Waals surface area contributed by atoms with Crippen molar-refractivity contribution in [2.45, 2.75) is 17.9 Å². The number of hydrogen-bond donors (Lipinski definition) is 2. The fraction of sp³-hybridized carbons (Fsp3) is 0.562. The lowest BCUT2D eigenvalue weighted by Crippen LogP contribution is -2.25. The SMILES string of the molecule is CN1CCC=C(c2nsnc2SCCCN2CCSC2=O)C1.O=C(O)C(=O)O. The van der Waals surface area contributed by atoms with Gasteiger partial charge in [0.25, 0.3) is 5.24 Å². The first-order valence-corrected chi connectivity index (χ1v) is 11.3. The predicted octanol–water partition coefficient (Wildman–Crippen LogP) is 2.06. The number of hydrogen-bond acceptors (Lipinski definition) is 9. The van der Waals surface area contributed by atoms with Gasteiger partial charge in [-0.05, 0) is 25.5 Å². The second-order valence-electron chi connectivity index (χ2n) is 6.09. The molecule has 2 aliphatic heterocycles. The highest BCUT2D eigenvalue weighted by Crippen LogP contribution is 2.29. The van der Waals surface area contributed by atoms with E-state index in [1.54, 1.807) is 11.8 Å². The van der Waals surface area contributed by atoms with Gasteiger partial charge in [0.05, 0.1) is 11.7 Å². The standard InChI is InChI=1S/C14H20N4OS3.C2H2O4/c1-17-5-2-4-11(10-17)12-13(16-22-15-12)20-8-3-6-18-7-9-21-14(18)19;3-1(4)2(5)6/h4H,2-3,5-10H2,1H3;(H,3,4)(H,5,6). The second kappa shape index (κ2) is 11.4. The summed E-state index contributed by atoms with van der Waals surface area (Å²) in [6, 6.07) is 0. The molecule has 12 heteroatoms. The largest absolute Gasteiger partial charge is 0.473 e. The van der Waals surface area contributed by atoms with Crippen LogP contribution in [0.2, 0.25) is 0 Å². The van der Waals surface area contributed by atoms with Crippen molar-refractivity contribution in [3.8, 4) is 0 Å². The molecule has 9 nitrogen and oxygen atoms in total. The highest BCUT2D eigenvalue weighted by molar-refractivity contribution is 8.13. The van der Waals surface area contributed by atoms with Crippen LogP contribution in [0, 0.1) is 0 Å². The van der Waals surface area contributed by atoms with Crippen molar-refractivity contribution >= 4 is 58.0 Å². The summed E-state index contributed by atoms with van der Waals surface area (Å²) in [7, 11) is 2.14. The van der Waals surface area contributed by atoms with E-state index in [9.17, 15) is 4.79 Å². The Hall–Kier alpha value is -1.63. The van der Waals surface area contributed by atoms with E-state index in [-0.39, 0.29) is 5.24 Å². The topological polar surface area (TPSA) is 124 Å². The summed E-state index contributed by atoms with van der Waals surface area (Å²) in [5.41, 5.74) is 2.37. The molecule has 1 aromatic rings. The third kappa shape index (κ3) is 7.08. The quantitative estimate of drug-likeness (QED) is 0.381. The van der Waals surface area contributed by atoms with E-state index in [1.807, 2.05) is 4.90 Å². The Kier molecular flexibility index (Phi) is 9.22. The third-order valence-corrected chi connectivity index (χ3v) is 6.53. The molecule has 0 unspecified atom stereocenters. The van der Waals surface area contributed by atoms with Crippen LogP contribution in [0.1, 0.15) is 18.5 Å². The zero-order valence-electron chi connectivity index (χ0n) is 15.4. The minimum atomic E-state index is -1.82. The van der Waals surface area contributed by atoms with E-state index in [4.69, 9.17) is 19.8 Å². The maximum atomic E-state index is 11.5. The predicted molar refractivity (Wildman–Crippen MR) is 110 cm³/mol. The molecule has 1 fully saturated rings. The molecule has 1 aromatic heterocycles. The van der Waals surface area contributed by atoms with E-state index in [2.05, 4.69) is 26.8 Å². The van der Waals surface area contributed by atoms with Crippen molar-refractivity contribution in [3.05, 3.63) is 11.8 Å². The summed E-state index contributed by atoms with van der Waals surface area (Å²) in [6.07, 6.45) is 4.38. The molecule has 28 heavy (non-hydrogen) atoms. The van der Waals surface area contributed by atoms with Crippen molar-refractivity contribution in [2.24, 2.45) is 0 Å². The van der Waals surface area contributed by atoms with Gasteiger partial charge in [0, 0.05) is 37.7 Å². The summed E-state index contributed by atoms with van der Waals surface area (Å²) in [6.45, 7) is 3.83. The van der Waals surface area contributed by atoms with Crippen LogP contribution >= 0.6 is 35.3 Å². The van der Waals surface area contributed by atoms with Gasteiger partial charge < -0.3 is 20.0 Å². The zero-order valence-corrected chi connectivity index (χ0v) is 17.8. The molecule has 3 rings (SSSR count). The number of likely N-dealkylation sites (N-methyl/N-ethyl adjacent to an activating group) is 1. The average Bonchev–Trinajstić information content (AvgIpc) is 3.28. The van der Waals surface area contributed by atoms with Crippen molar-refractivity contribution in [1.82, 2.24) is 18.5 Å². The monoisotopic (exact) mass is 446 g/mol. The number of carboxylic acid groups (broad SMARTS) is 2. The van der Waals surface area contributed by atoms with Gasteiger partial charge in [0.1, 0.15) is 10.7 Å². The zero-order chi connectivity index (χ0) is 20.5. The summed E-state index contributed by atoms with van der Waals surface area (Å²) in [5.74, 6) is -1.73. The Balaban J connectivity index is 0.000000409. The maximum Gasteiger partial charge on any atom is 0.414 e. The van der Waals surface area contributed by atoms with Gasteiger partial charge in [-0.25, -0.2) is 9.59 Å². The molecular formula is C16H22N4O5S3. The first kappa shape index (κ1) is 22.7. The molecule has 0 bridgehead atoms. The number of carbonyl (C=O) groups is 3. The van der Waals surface area contributed by atoms with Gasteiger partial charge in [-0.1, -0.05) is 17.8 Å². The number of rotatable bonds is 6. The number of carboxylic acids is 2. The number of carbonyl (C=O) groups excluding carboxylic acids is 1. The van der Waals surface area contributed by atoms with E-state index < -0.39 is 11.9 Å². The van der Waals surface area contributed by atoms with Crippen LogP contribution < -0.4 is 0 Å². The van der Waals surface area contributed by atoms with Crippen LogP contribution in [0.5, 0.6) is 0 Å². The molecule has 154 valence electrons. The number of aliphatic carboxylic acids is 2. The van der Waals surface area contributed by atoms with E-state index in [0.717, 1.165) is 61.2 Å². The fourth-order valence-electron chi connectivity index (χ4n) is 2.59. The number of aromatic nitrogens is 2. The average molecular weight is 447 g/mol. The van der Waals surface area contributed by atoms with Crippen LogP contribution in [0.4, 0.5) is 4.79 Å². The molecule has 0 aliphatic carbocycles. The minimum Gasteiger partial charge on any atom is -0.473 e. The van der Waals surface area contributed by atoms with Gasteiger partial charge in [0.2, 0.25) is 0 Å². The third-order valence-electron chi connectivity index (χ3n) is 3.94. The maximum absolute atomic E-state index is 11.5. The van der Waals surface area contributed by atoms with Crippen LogP contribution in [0.15, 0.2) is 11.1 Å². The van der Waals surface area contributed by atoms with Gasteiger partial charge in [-0.15, -0.1) is 11.8 Å². The Morgan fingerprint density at radius 2 is 2.00 bits per heavy atom. The molecule has 1 saturated heterocycles. The smallest absolute Gasteiger partial charge is 0.414 e. The molecular weight excluding hydrogens is 424 g/mol. The summed E-state index contributed by atoms with van der Waals surface area (Å²) in [5, 5.41) is 16.1. The number of thioether (sulfide) groups is 2. The summed E-state index contributed by atoms with van der Waals surface area (Å²) < 4.78 is 8.94. The lowest BCUT2D eigenvalue weighted by atomic mass is 10.1. The highest BCUT2D eigenvalue weighted by Gasteiger charge is 2.21. The highest BCUT2D eigenvalue weighted by atomic mass is 32.2. The van der Waals surface area contributed by atoms with E-state index in [1.165, 1.54) is 29.1 Å². The van der Waals surface area contributed by atoms with Gasteiger partial charge in [-0.3, -0.25) is 4.79 Å². The normalized spacial score (nSPS) is 17.1. The Labute approximate surface area is 175 Å². The summed E-state index contributed by atoms with van der Waals surface area (Å²) in [4.78, 5) is 34.0. The van der Waals surface area contributed by atoms with Crippen molar-refractivity contribution in [1.29, 1.82) is 0 Å². The first-order chi connectivity index (χ1) is 13.4. The van der Waals surface area contributed by atoms with E-state index >= 15 is 0 Å². The van der Waals surface area contributed by atoms with Crippen LogP contribution in [0.25, 0.3) is 5.57 Å². The van der Waals surface area contributed by atoms with Crippen LogP contribution in [-0.4, -0.2) is 90.7 Å². The Morgan fingerprint density at radius 1 is 1.25 bits per heavy atom. The molecule has 0 saturated carbocycles. The molecule has 3 heterocycles. The number of amides is 1. The fourth-order valence-corrected chi connectivity index (χ4v) is 5.08. The Morgan fingerprint density at radius 3 is 2.61 bits per heavy atom.